The Morgan fingerprint density at radius 2 is 2.25 bits per heavy atom. The highest BCUT2D eigenvalue weighted by atomic mass is 35.5. The molecule has 0 fully saturated rings. The number of anilines is 1. The smallest absolute Gasteiger partial charge is 0.0594 e. The molecule has 16 heavy (non-hydrogen) atoms. The summed E-state index contributed by atoms with van der Waals surface area (Å²) < 4.78 is 17.1. The van der Waals surface area contributed by atoms with Gasteiger partial charge in [0.1, 0.15) is 0 Å². The monoisotopic (exact) mass is 261 g/mol. The molecule has 0 amide bonds. The summed E-state index contributed by atoms with van der Waals surface area (Å²) in [6.07, 6.45) is 0.756. The Morgan fingerprint density at radius 3 is 2.94 bits per heavy atom. The molecule has 1 aromatic carbocycles. The lowest BCUT2D eigenvalue weighted by molar-refractivity contribution is 0.149. The summed E-state index contributed by atoms with van der Waals surface area (Å²) in [5.41, 5.74) is 6.20. The van der Waals surface area contributed by atoms with Gasteiger partial charge in [-0.3, -0.25) is 4.21 Å². The van der Waals surface area contributed by atoms with E-state index in [0.29, 0.717) is 34.6 Å². The summed E-state index contributed by atoms with van der Waals surface area (Å²) in [6, 6.07) is 5.04. The van der Waals surface area contributed by atoms with Gasteiger partial charge in [-0.15, -0.1) is 0 Å². The van der Waals surface area contributed by atoms with E-state index in [2.05, 4.69) is 0 Å². The summed E-state index contributed by atoms with van der Waals surface area (Å²) in [5, 5.41) is 0.504. The molecule has 3 nitrogen and oxygen atoms in total. The fourth-order valence-corrected chi connectivity index (χ4v) is 2.77. The number of benzene rings is 1. The summed E-state index contributed by atoms with van der Waals surface area (Å²) in [5.74, 6) is 0.545. The van der Waals surface area contributed by atoms with Gasteiger partial charge in [0, 0.05) is 24.7 Å². The molecule has 1 rings (SSSR count). The zero-order valence-electron chi connectivity index (χ0n) is 9.24. The zero-order chi connectivity index (χ0) is 12.0. The highest BCUT2D eigenvalue weighted by Gasteiger charge is 2.08. The van der Waals surface area contributed by atoms with Gasteiger partial charge in [0.2, 0.25) is 0 Å². The van der Waals surface area contributed by atoms with Crippen LogP contribution < -0.4 is 5.73 Å². The van der Waals surface area contributed by atoms with E-state index >= 15 is 0 Å². The Balaban J connectivity index is 2.55. The summed E-state index contributed by atoms with van der Waals surface area (Å²) >= 11 is 5.95. The first kappa shape index (κ1) is 13.5. The molecule has 90 valence electrons. The molecule has 0 radical (unpaired) electrons. The first-order chi connectivity index (χ1) is 7.65. The Morgan fingerprint density at radius 1 is 1.50 bits per heavy atom. The van der Waals surface area contributed by atoms with E-state index in [1.54, 1.807) is 18.2 Å². The van der Waals surface area contributed by atoms with Gasteiger partial charge in [0.15, 0.2) is 0 Å². The van der Waals surface area contributed by atoms with Crippen molar-refractivity contribution in [2.75, 3.05) is 24.7 Å². The summed E-state index contributed by atoms with van der Waals surface area (Å²) in [6.45, 7) is 3.25. The number of ether oxygens (including phenoxy) is 1. The van der Waals surface area contributed by atoms with Gasteiger partial charge >= 0.3 is 0 Å². The molecule has 1 atom stereocenters. The molecule has 0 aliphatic rings. The second kappa shape index (κ2) is 6.89. The maximum absolute atomic E-state index is 11.9. The zero-order valence-corrected chi connectivity index (χ0v) is 10.8. The van der Waals surface area contributed by atoms with Crippen molar-refractivity contribution < 1.29 is 8.95 Å². The van der Waals surface area contributed by atoms with Crippen LogP contribution in [0.1, 0.15) is 13.3 Å². The van der Waals surface area contributed by atoms with Gasteiger partial charge in [-0.25, -0.2) is 0 Å². The van der Waals surface area contributed by atoms with Crippen molar-refractivity contribution in [1.29, 1.82) is 0 Å². The van der Waals surface area contributed by atoms with E-state index in [9.17, 15) is 4.21 Å². The molecule has 0 bridgehead atoms. The minimum absolute atomic E-state index is 0.504. The minimum atomic E-state index is -1.10. The second-order valence-electron chi connectivity index (χ2n) is 3.29. The molecule has 0 heterocycles. The van der Waals surface area contributed by atoms with E-state index in [4.69, 9.17) is 22.1 Å². The molecule has 2 N–H and O–H groups in total. The average Bonchev–Trinajstić information content (AvgIpc) is 2.27. The maximum Gasteiger partial charge on any atom is 0.0594 e. The molecule has 1 aromatic rings. The number of hydrogen-bond acceptors (Lipinski definition) is 3. The van der Waals surface area contributed by atoms with Crippen molar-refractivity contribution in [3.05, 3.63) is 23.2 Å². The van der Waals surface area contributed by atoms with Crippen molar-refractivity contribution in [3.8, 4) is 0 Å². The van der Waals surface area contributed by atoms with Crippen LogP contribution in [-0.2, 0) is 15.5 Å². The molecular weight excluding hydrogens is 246 g/mol. The molecule has 1 unspecified atom stereocenters. The van der Waals surface area contributed by atoms with E-state index < -0.39 is 10.8 Å². The van der Waals surface area contributed by atoms with Crippen molar-refractivity contribution >= 4 is 28.1 Å². The van der Waals surface area contributed by atoms with Crippen LogP contribution in [0.25, 0.3) is 0 Å². The first-order valence-electron chi connectivity index (χ1n) is 5.16. The van der Waals surface area contributed by atoms with Crippen molar-refractivity contribution in [3.63, 3.8) is 0 Å². The molecule has 0 spiro atoms. The van der Waals surface area contributed by atoms with Gasteiger partial charge < -0.3 is 10.5 Å². The lowest BCUT2D eigenvalue weighted by Crippen LogP contribution is -2.04. The third-order valence-electron chi connectivity index (χ3n) is 2.02. The van der Waals surface area contributed by atoms with E-state index in [-0.39, 0.29) is 0 Å². The molecule has 0 aliphatic carbocycles. The molecule has 5 heteroatoms. The molecular formula is C11H16ClNO2S. The predicted molar refractivity (Wildman–Crippen MR) is 68.2 cm³/mol. The fraction of sp³-hybridized carbons (Fsp3) is 0.455. The van der Waals surface area contributed by atoms with Crippen LogP contribution in [0.2, 0.25) is 5.02 Å². The average molecular weight is 262 g/mol. The largest absolute Gasteiger partial charge is 0.399 e. The van der Waals surface area contributed by atoms with Gasteiger partial charge in [-0.1, -0.05) is 11.6 Å². The number of hydrogen-bond donors (Lipinski definition) is 1. The first-order valence-corrected chi connectivity index (χ1v) is 6.86. The third kappa shape index (κ3) is 4.12. The van der Waals surface area contributed by atoms with Crippen LogP contribution in [0, 0.1) is 0 Å². The summed E-state index contributed by atoms with van der Waals surface area (Å²) in [7, 11) is -1.10. The Bertz CT molecular complexity index is 371. The van der Waals surface area contributed by atoms with Crippen molar-refractivity contribution in [1.82, 2.24) is 0 Å². The molecule has 0 saturated carbocycles. The standard InChI is InChI=1S/C11H16ClNO2S/c1-2-15-6-3-7-16(14)11-8-9(13)4-5-10(11)12/h4-5,8H,2-3,6-7,13H2,1H3. The van der Waals surface area contributed by atoms with Gasteiger partial charge in [-0.05, 0) is 31.5 Å². The van der Waals surface area contributed by atoms with Gasteiger partial charge in [0.05, 0.1) is 20.7 Å². The molecule has 0 aromatic heterocycles. The van der Waals surface area contributed by atoms with Crippen LogP contribution in [0.15, 0.2) is 23.1 Å². The van der Waals surface area contributed by atoms with E-state index in [1.165, 1.54) is 0 Å². The van der Waals surface area contributed by atoms with Gasteiger partial charge in [-0.2, -0.15) is 0 Å². The van der Waals surface area contributed by atoms with Crippen LogP contribution in [0.5, 0.6) is 0 Å². The number of nitrogens with two attached hydrogens (primary N) is 1. The van der Waals surface area contributed by atoms with Crippen molar-refractivity contribution in [2.24, 2.45) is 0 Å². The van der Waals surface area contributed by atoms with E-state index in [0.717, 1.165) is 6.42 Å². The fourth-order valence-electron chi connectivity index (χ4n) is 1.24. The number of rotatable bonds is 6. The minimum Gasteiger partial charge on any atom is -0.399 e. The topological polar surface area (TPSA) is 52.3 Å². The Kier molecular flexibility index (Phi) is 5.80. The highest BCUT2D eigenvalue weighted by molar-refractivity contribution is 7.85. The predicted octanol–water partition coefficient (Wildman–Crippen LogP) is 2.46. The molecule has 0 saturated heterocycles. The third-order valence-corrected chi connectivity index (χ3v) is 3.95. The maximum atomic E-state index is 11.9. The normalized spacial score (nSPS) is 12.6. The summed E-state index contributed by atoms with van der Waals surface area (Å²) in [4.78, 5) is 0.609. The highest BCUT2D eigenvalue weighted by Crippen LogP contribution is 2.22. The number of nitrogen functional groups attached to an aromatic ring is 1. The lowest BCUT2D eigenvalue weighted by atomic mass is 10.3. The Hall–Kier alpha value is -0.580. The second-order valence-corrected chi connectivity index (χ2v) is 5.24. The SMILES string of the molecule is CCOCCCS(=O)c1cc(N)ccc1Cl. The quantitative estimate of drug-likeness (QED) is 0.632. The van der Waals surface area contributed by atoms with Crippen LogP contribution in [-0.4, -0.2) is 23.2 Å². The molecule has 0 aliphatic heterocycles. The van der Waals surface area contributed by atoms with Crippen LogP contribution in [0.4, 0.5) is 5.69 Å². The van der Waals surface area contributed by atoms with E-state index in [1.807, 2.05) is 6.92 Å². The number of halogens is 1. The van der Waals surface area contributed by atoms with Gasteiger partial charge in [0.25, 0.3) is 0 Å². The van der Waals surface area contributed by atoms with Crippen molar-refractivity contribution in [2.45, 2.75) is 18.2 Å². The lowest BCUT2D eigenvalue weighted by Gasteiger charge is -2.05. The van der Waals surface area contributed by atoms with Crippen LogP contribution >= 0.6 is 11.6 Å². The Labute approximate surface area is 103 Å². The van der Waals surface area contributed by atoms with Crippen LogP contribution in [0.3, 0.4) is 0 Å².